The van der Waals surface area contributed by atoms with Crippen molar-refractivity contribution < 1.29 is 4.52 Å². The van der Waals surface area contributed by atoms with Crippen molar-refractivity contribution in [3.05, 3.63) is 47.1 Å². The van der Waals surface area contributed by atoms with E-state index in [9.17, 15) is 0 Å². The van der Waals surface area contributed by atoms with Crippen molar-refractivity contribution in [2.75, 3.05) is 6.54 Å². The first-order valence-corrected chi connectivity index (χ1v) is 5.77. The lowest BCUT2D eigenvalue weighted by Gasteiger charge is -2.01. The van der Waals surface area contributed by atoms with Gasteiger partial charge in [0.05, 0.1) is 6.42 Å². The molecule has 4 nitrogen and oxygen atoms in total. The third-order valence-corrected chi connectivity index (χ3v) is 2.88. The minimum absolute atomic E-state index is 0.143. The van der Waals surface area contributed by atoms with E-state index < -0.39 is 0 Å². The lowest BCUT2D eigenvalue weighted by Crippen LogP contribution is -2.10. The predicted octanol–water partition coefficient (Wildman–Crippen LogP) is 2.03. The van der Waals surface area contributed by atoms with Gasteiger partial charge in [-0.25, -0.2) is 0 Å². The molecule has 0 spiro atoms. The maximum Gasteiger partial charge on any atom is 0.231 e. The molecule has 90 valence electrons. The number of hydrogen-bond acceptors (Lipinski definition) is 4. The van der Waals surface area contributed by atoms with E-state index in [1.54, 1.807) is 0 Å². The Kier molecular flexibility index (Phi) is 3.54. The van der Waals surface area contributed by atoms with Gasteiger partial charge in [-0.1, -0.05) is 36.3 Å². The number of hydrogen-bond donors (Lipinski definition) is 1. The van der Waals surface area contributed by atoms with Gasteiger partial charge >= 0.3 is 0 Å². The van der Waals surface area contributed by atoms with Gasteiger partial charge < -0.3 is 10.3 Å². The zero-order valence-corrected chi connectivity index (χ0v) is 10.2. The van der Waals surface area contributed by atoms with Crippen LogP contribution in [0, 0.1) is 6.92 Å². The SMILES string of the molecule is Cc1ccccc1Cc1nc(C(C)CN)no1. The average molecular weight is 231 g/mol. The Hall–Kier alpha value is -1.68. The van der Waals surface area contributed by atoms with Crippen molar-refractivity contribution in [1.29, 1.82) is 0 Å². The third kappa shape index (κ3) is 2.71. The molecule has 1 aromatic heterocycles. The summed E-state index contributed by atoms with van der Waals surface area (Å²) >= 11 is 0. The largest absolute Gasteiger partial charge is 0.339 e. The minimum Gasteiger partial charge on any atom is -0.339 e. The van der Waals surface area contributed by atoms with Crippen LogP contribution < -0.4 is 5.73 Å². The van der Waals surface area contributed by atoms with Gasteiger partial charge in [0, 0.05) is 12.5 Å². The normalized spacial score (nSPS) is 12.6. The lowest BCUT2D eigenvalue weighted by molar-refractivity contribution is 0.376. The molecule has 0 radical (unpaired) electrons. The molecule has 0 aliphatic rings. The molecule has 1 unspecified atom stereocenters. The van der Waals surface area contributed by atoms with E-state index >= 15 is 0 Å². The van der Waals surface area contributed by atoms with E-state index in [0.29, 0.717) is 24.7 Å². The molecule has 0 fully saturated rings. The highest BCUT2D eigenvalue weighted by Crippen LogP contribution is 2.14. The number of nitrogens with zero attached hydrogens (tertiary/aromatic N) is 2. The Balaban J connectivity index is 2.14. The topological polar surface area (TPSA) is 64.9 Å². The standard InChI is InChI=1S/C13H17N3O/c1-9-5-3-4-6-11(9)7-12-15-13(16-17-12)10(2)8-14/h3-6,10H,7-8,14H2,1-2H3. The molecule has 2 N–H and O–H groups in total. The fraction of sp³-hybridized carbons (Fsp3) is 0.385. The van der Waals surface area contributed by atoms with Gasteiger partial charge in [-0.15, -0.1) is 0 Å². The second-order valence-electron chi connectivity index (χ2n) is 4.29. The van der Waals surface area contributed by atoms with Crippen LogP contribution in [-0.2, 0) is 6.42 Å². The highest BCUT2D eigenvalue weighted by molar-refractivity contribution is 5.27. The number of rotatable bonds is 4. The van der Waals surface area contributed by atoms with Crippen LogP contribution in [0.3, 0.4) is 0 Å². The first kappa shape index (κ1) is 11.8. The van der Waals surface area contributed by atoms with Gasteiger partial charge in [0.2, 0.25) is 5.89 Å². The predicted molar refractivity (Wildman–Crippen MR) is 65.8 cm³/mol. The molecule has 0 bridgehead atoms. The Morgan fingerprint density at radius 1 is 1.35 bits per heavy atom. The van der Waals surface area contributed by atoms with Gasteiger partial charge in [-0.2, -0.15) is 4.98 Å². The summed E-state index contributed by atoms with van der Waals surface area (Å²) in [5.74, 6) is 1.48. The number of benzene rings is 1. The second kappa shape index (κ2) is 5.10. The summed E-state index contributed by atoms with van der Waals surface area (Å²) in [6, 6.07) is 8.19. The van der Waals surface area contributed by atoms with Gasteiger partial charge in [0.15, 0.2) is 5.82 Å². The summed E-state index contributed by atoms with van der Waals surface area (Å²) < 4.78 is 5.23. The minimum atomic E-state index is 0.143. The monoisotopic (exact) mass is 231 g/mol. The summed E-state index contributed by atoms with van der Waals surface area (Å²) in [4.78, 5) is 4.36. The van der Waals surface area contributed by atoms with Crippen LogP contribution in [0.1, 0.15) is 35.7 Å². The van der Waals surface area contributed by atoms with E-state index in [4.69, 9.17) is 10.3 Å². The molecular weight excluding hydrogens is 214 g/mol. The van der Waals surface area contributed by atoms with Crippen LogP contribution in [0.5, 0.6) is 0 Å². The molecule has 0 saturated carbocycles. The number of nitrogens with two attached hydrogens (primary N) is 1. The van der Waals surface area contributed by atoms with E-state index in [1.165, 1.54) is 11.1 Å². The van der Waals surface area contributed by atoms with E-state index in [-0.39, 0.29) is 5.92 Å². The quantitative estimate of drug-likeness (QED) is 0.874. The molecule has 0 aliphatic carbocycles. The smallest absolute Gasteiger partial charge is 0.231 e. The molecule has 2 rings (SSSR count). The first-order valence-electron chi connectivity index (χ1n) is 5.77. The summed E-state index contributed by atoms with van der Waals surface area (Å²) in [5, 5.41) is 3.95. The molecule has 1 heterocycles. The summed E-state index contributed by atoms with van der Waals surface area (Å²) in [7, 11) is 0. The Bertz CT molecular complexity index is 493. The summed E-state index contributed by atoms with van der Waals surface area (Å²) in [6.07, 6.45) is 0.678. The first-order chi connectivity index (χ1) is 8.20. The molecular formula is C13H17N3O. The third-order valence-electron chi connectivity index (χ3n) is 2.88. The van der Waals surface area contributed by atoms with E-state index in [2.05, 4.69) is 29.2 Å². The van der Waals surface area contributed by atoms with Gasteiger partial charge in [-0.05, 0) is 18.1 Å². The van der Waals surface area contributed by atoms with E-state index in [1.807, 2.05) is 19.1 Å². The van der Waals surface area contributed by atoms with Gasteiger partial charge in [-0.3, -0.25) is 0 Å². The molecule has 1 atom stereocenters. The second-order valence-corrected chi connectivity index (χ2v) is 4.29. The van der Waals surface area contributed by atoms with Crippen LogP contribution in [0.2, 0.25) is 0 Å². The fourth-order valence-corrected chi connectivity index (χ4v) is 1.62. The zero-order valence-electron chi connectivity index (χ0n) is 10.2. The van der Waals surface area contributed by atoms with Crippen LogP contribution >= 0.6 is 0 Å². The molecule has 0 saturated heterocycles. The molecule has 0 amide bonds. The summed E-state index contributed by atoms with van der Waals surface area (Å²) in [6.45, 7) is 4.60. The van der Waals surface area contributed by atoms with Crippen molar-refractivity contribution in [3.63, 3.8) is 0 Å². The molecule has 2 aromatic rings. The average Bonchev–Trinajstić information content (AvgIpc) is 2.80. The van der Waals surface area contributed by atoms with Gasteiger partial charge in [0.1, 0.15) is 0 Å². The zero-order chi connectivity index (χ0) is 12.3. The Morgan fingerprint density at radius 2 is 2.12 bits per heavy atom. The van der Waals surface area contributed by atoms with Crippen molar-refractivity contribution in [1.82, 2.24) is 10.1 Å². The summed E-state index contributed by atoms with van der Waals surface area (Å²) in [5.41, 5.74) is 8.01. The van der Waals surface area contributed by atoms with Crippen LogP contribution in [0.4, 0.5) is 0 Å². The molecule has 17 heavy (non-hydrogen) atoms. The van der Waals surface area contributed by atoms with Crippen molar-refractivity contribution in [2.24, 2.45) is 5.73 Å². The van der Waals surface area contributed by atoms with Crippen LogP contribution in [0.15, 0.2) is 28.8 Å². The highest BCUT2D eigenvalue weighted by atomic mass is 16.5. The highest BCUT2D eigenvalue weighted by Gasteiger charge is 2.12. The van der Waals surface area contributed by atoms with E-state index in [0.717, 1.165) is 0 Å². The maximum absolute atomic E-state index is 5.57. The molecule has 1 aromatic carbocycles. The van der Waals surface area contributed by atoms with Crippen molar-refractivity contribution in [3.8, 4) is 0 Å². The van der Waals surface area contributed by atoms with Crippen molar-refractivity contribution in [2.45, 2.75) is 26.2 Å². The van der Waals surface area contributed by atoms with Gasteiger partial charge in [0.25, 0.3) is 0 Å². The Labute approximate surface area is 101 Å². The fourth-order valence-electron chi connectivity index (χ4n) is 1.62. The molecule has 0 aliphatic heterocycles. The molecule has 4 heteroatoms. The van der Waals surface area contributed by atoms with Crippen molar-refractivity contribution >= 4 is 0 Å². The maximum atomic E-state index is 5.57. The number of aromatic nitrogens is 2. The Morgan fingerprint density at radius 3 is 2.82 bits per heavy atom. The lowest BCUT2D eigenvalue weighted by atomic mass is 10.1. The number of aryl methyl sites for hydroxylation is 1. The van der Waals surface area contributed by atoms with Crippen LogP contribution in [-0.4, -0.2) is 16.7 Å². The van der Waals surface area contributed by atoms with Crippen LogP contribution in [0.25, 0.3) is 0 Å².